The van der Waals surface area contributed by atoms with Gasteiger partial charge in [0, 0.05) is 12.1 Å². The van der Waals surface area contributed by atoms with Gasteiger partial charge in [0.25, 0.3) is 5.69 Å². The summed E-state index contributed by atoms with van der Waals surface area (Å²) < 4.78 is 5.09. The molecule has 26 heavy (non-hydrogen) atoms. The second kappa shape index (κ2) is 9.08. The van der Waals surface area contributed by atoms with Crippen molar-refractivity contribution >= 4 is 29.6 Å². The number of carbonyl (C=O) groups is 2. The van der Waals surface area contributed by atoms with E-state index in [4.69, 9.17) is 4.74 Å². The monoisotopic (exact) mass is 351 g/mol. The molecule has 0 unspecified atom stereocenters. The van der Waals surface area contributed by atoms with Crippen molar-refractivity contribution < 1.29 is 19.2 Å². The molecule has 0 saturated carbocycles. The number of esters is 1. The fourth-order valence-electron chi connectivity index (χ4n) is 2.15. The summed E-state index contributed by atoms with van der Waals surface area (Å²) in [6, 6.07) is 15.2. The number of benzene rings is 2. The third-order valence-corrected chi connectivity index (χ3v) is 3.41. The number of hydrogen-bond acceptors (Lipinski definition) is 5. The molecule has 0 amide bonds. The molecule has 2 rings (SSSR count). The van der Waals surface area contributed by atoms with Crippen molar-refractivity contribution in [1.29, 1.82) is 0 Å². The quantitative estimate of drug-likeness (QED) is 0.189. The van der Waals surface area contributed by atoms with Crippen LogP contribution in [-0.4, -0.2) is 23.3 Å². The molecule has 2 aromatic carbocycles. The fraction of sp³-hybridized carbons (Fsp3) is 0.100. The van der Waals surface area contributed by atoms with Gasteiger partial charge < -0.3 is 4.74 Å². The van der Waals surface area contributed by atoms with E-state index in [2.05, 4.69) is 0 Å². The molecule has 0 aliphatic heterocycles. The summed E-state index contributed by atoms with van der Waals surface area (Å²) >= 11 is 0. The van der Waals surface area contributed by atoms with E-state index in [-0.39, 0.29) is 17.9 Å². The summed E-state index contributed by atoms with van der Waals surface area (Å²) in [6.07, 6.45) is 4.75. The Balaban J connectivity index is 2.07. The van der Waals surface area contributed by atoms with Gasteiger partial charge in [-0.15, -0.1) is 0 Å². The third-order valence-electron chi connectivity index (χ3n) is 3.41. The molecule has 0 heterocycles. The maximum atomic E-state index is 12.1. The summed E-state index contributed by atoms with van der Waals surface area (Å²) in [4.78, 5) is 34.2. The lowest BCUT2D eigenvalue weighted by Crippen LogP contribution is -2.13. The van der Waals surface area contributed by atoms with Crippen LogP contribution >= 0.6 is 0 Å². The summed E-state index contributed by atoms with van der Waals surface area (Å²) in [5, 5.41) is 10.8. The van der Waals surface area contributed by atoms with Gasteiger partial charge in [0.1, 0.15) is 12.2 Å². The average Bonchev–Trinajstić information content (AvgIpc) is 2.64. The lowest BCUT2D eigenvalue weighted by Gasteiger charge is -2.04. The highest BCUT2D eigenvalue weighted by atomic mass is 16.6. The lowest BCUT2D eigenvalue weighted by molar-refractivity contribution is -0.384. The molecule has 0 saturated heterocycles. The minimum absolute atomic E-state index is 0.00723. The van der Waals surface area contributed by atoms with Crippen LogP contribution in [0.3, 0.4) is 0 Å². The van der Waals surface area contributed by atoms with Gasteiger partial charge in [-0.1, -0.05) is 48.5 Å². The average molecular weight is 351 g/mol. The van der Waals surface area contributed by atoms with Crippen molar-refractivity contribution in [2.75, 3.05) is 6.61 Å². The topological polar surface area (TPSA) is 86.5 Å². The number of hydrogen-bond donors (Lipinski definition) is 0. The second-order valence-electron chi connectivity index (χ2n) is 5.38. The maximum absolute atomic E-state index is 12.1. The van der Waals surface area contributed by atoms with Crippen LogP contribution < -0.4 is 0 Å². The van der Waals surface area contributed by atoms with Gasteiger partial charge in [0.15, 0.2) is 5.78 Å². The minimum Gasteiger partial charge on any atom is -0.458 e. The van der Waals surface area contributed by atoms with E-state index in [0.29, 0.717) is 5.56 Å². The molecule has 0 aliphatic rings. The zero-order chi connectivity index (χ0) is 18.9. The summed E-state index contributed by atoms with van der Waals surface area (Å²) in [7, 11) is 0. The van der Waals surface area contributed by atoms with E-state index >= 15 is 0 Å². The smallest absolute Gasteiger partial charge is 0.342 e. The highest BCUT2D eigenvalue weighted by molar-refractivity contribution is 6.19. The van der Waals surface area contributed by atoms with Crippen molar-refractivity contribution in [3.8, 4) is 0 Å². The molecule has 0 radical (unpaired) electrons. The number of nitro benzene ring substituents is 1. The van der Waals surface area contributed by atoms with Gasteiger partial charge >= 0.3 is 5.97 Å². The van der Waals surface area contributed by atoms with Crippen molar-refractivity contribution in [3.05, 3.63) is 87.5 Å². The number of ketones is 1. The first kappa shape index (κ1) is 18.8. The second-order valence-corrected chi connectivity index (χ2v) is 5.38. The number of nitro groups is 1. The molecule has 0 aliphatic carbocycles. The highest BCUT2D eigenvalue weighted by Gasteiger charge is 2.16. The minimum atomic E-state index is -0.776. The first-order chi connectivity index (χ1) is 12.5. The first-order valence-electron chi connectivity index (χ1n) is 7.83. The molecular formula is C20H17NO5. The fourth-order valence-corrected chi connectivity index (χ4v) is 2.15. The number of nitrogens with zero attached hydrogens (tertiary/aromatic N) is 1. The van der Waals surface area contributed by atoms with Crippen LogP contribution in [-0.2, 0) is 14.3 Å². The molecule has 132 valence electrons. The van der Waals surface area contributed by atoms with Gasteiger partial charge in [-0.3, -0.25) is 14.9 Å². The number of carbonyl (C=O) groups excluding carboxylic acids is 2. The molecule has 0 atom stereocenters. The SMILES string of the molecule is CC(=O)C(=Cc1cccc([N+](=O)[O-])c1)C(=O)OC/C=C/c1ccccc1. The van der Waals surface area contributed by atoms with Crippen molar-refractivity contribution in [3.63, 3.8) is 0 Å². The van der Waals surface area contributed by atoms with Gasteiger partial charge in [-0.05, 0) is 30.2 Å². The van der Waals surface area contributed by atoms with E-state index in [1.165, 1.54) is 31.2 Å². The Morgan fingerprint density at radius 2 is 1.77 bits per heavy atom. The Morgan fingerprint density at radius 3 is 2.42 bits per heavy atom. The van der Waals surface area contributed by atoms with Crippen LogP contribution in [0.1, 0.15) is 18.1 Å². The molecule has 6 heteroatoms. The van der Waals surface area contributed by atoms with Gasteiger partial charge in [-0.2, -0.15) is 0 Å². The molecule has 0 aromatic heterocycles. The van der Waals surface area contributed by atoms with E-state index in [9.17, 15) is 19.7 Å². The van der Waals surface area contributed by atoms with Crippen LogP contribution in [0.2, 0.25) is 0 Å². The van der Waals surface area contributed by atoms with Crippen LogP contribution in [0.5, 0.6) is 0 Å². The number of non-ortho nitro benzene ring substituents is 1. The number of rotatable bonds is 7. The highest BCUT2D eigenvalue weighted by Crippen LogP contribution is 2.16. The number of ether oxygens (including phenoxy) is 1. The van der Waals surface area contributed by atoms with E-state index in [1.54, 1.807) is 18.2 Å². The standard InChI is InChI=1S/C20H17NO5/c1-15(22)19(14-17-9-5-11-18(13-17)21(24)25)20(23)26-12-6-10-16-7-3-2-4-8-16/h2-11,13-14H,12H2,1H3/b10-6+,19-14?. The Morgan fingerprint density at radius 1 is 1.08 bits per heavy atom. The Hall–Kier alpha value is -3.54. The zero-order valence-corrected chi connectivity index (χ0v) is 14.1. The molecule has 0 N–H and O–H groups in total. The molecule has 2 aromatic rings. The van der Waals surface area contributed by atoms with Crippen LogP contribution in [0.15, 0.2) is 66.2 Å². The molecule has 0 bridgehead atoms. The van der Waals surface area contributed by atoms with Crippen LogP contribution in [0.25, 0.3) is 12.2 Å². The first-order valence-corrected chi connectivity index (χ1v) is 7.83. The Labute approximate surface area is 150 Å². The Bertz CT molecular complexity index is 869. The predicted molar refractivity (Wildman–Crippen MR) is 98.2 cm³/mol. The molecule has 0 fully saturated rings. The summed E-state index contributed by atoms with van der Waals surface area (Å²) in [5.74, 6) is -1.25. The van der Waals surface area contributed by atoms with Crippen molar-refractivity contribution in [1.82, 2.24) is 0 Å². The van der Waals surface area contributed by atoms with Crippen LogP contribution in [0.4, 0.5) is 5.69 Å². The summed E-state index contributed by atoms with van der Waals surface area (Å²) in [6.45, 7) is 1.25. The van der Waals surface area contributed by atoms with Crippen molar-refractivity contribution in [2.45, 2.75) is 6.92 Å². The maximum Gasteiger partial charge on any atom is 0.342 e. The number of Topliss-reactive ketones (excluding diaryl/α,β-unsaturated/α-hetero) is 1. The largest absolute Gasteiger partial charge is 0.458 e. The van der Waals surface area contributed by atoms with Gasteiger partial charge in [0.05, 0.1) is 4.92 Å². The lowest BCUT2D eigenvalue weighted by atomic mass is 10.1. The zero-order valence-electron chi connectivity index (χ0n) is 14.1. The van der Waals surface area contributed by atoms with Crippen molar-refractivity contribution in [2.24, 2.45) is 0 Å². The summed E-state index contributed by atoms with van der Waals surface area (Å²) in [5.41, 5.74) is 1.04. The molecule has 6 nitrogen and oxygen atoms in total. The van der Waals surface area contributed by atoms with Gasteiger partial charge in [-0.25, -0.2) is 4.79 Å². The van der Waals surface area contributed by atoms with E-state index in [1.807, 2.05) is 30.3 Å². The van der Waals surface area contributed by atoms with Crippen LogP contribution in [0, 0.1) is 10.1 Å². The molecule has 0 spiro atoms. The Kier molecular flexibility index (Phi) is 6.56. The molecular weight excluding hydrogens is 334 g/mol. The van der Waals surface area contributed by atoms with E-state index < -0.39 is 16.7 Å². The third kappa shape index (κ3) is 5.52. The van der Waals surface area contributed by atoms with E-state index in [0.717, 1.165) is 5.56 Å². The van der Waals surface area contributed by atoms with Gasteiger partial charge in [0.2, 0.25) is 0 Å². The predicted octanol–water partition coefficient (Wildman–Crippen LogP) is 3.82. The normalized spacial score (nSPS) is 11.3.